The first-order valence-electron chi connectivity index (χ1n) is 9.58. The summed E-state index contributed by atoms with van der Waals surface area (Å²) in [6.45, 7) is 5.77. The van der Waals surface area contributed by atoms with Gasteiger partial charge in [-0.25, -0.2) is 4.99 Å². The zero-order valence-electron chi connectivity index (χ0n) is 17.7. The van der Waals surface area contributed by atoms with Crippen molar-refractivity contribution in [3.8, 4) is 5.75 Å². The van der Waals surface area contributed by atoms with Gasteiger partial charge in [0.1, 0.15) is 11.4 Å². The summed E-state index contributed by atoms with van der Waals surface area (Å²) in [4.78, 5) is 31.5. The fraction of sp³-hybridized carbons (Fsp3) is 0.261. The summed E-state index contributed by atoms with van der Waals surface area (Å²) in [7, 11) is 3.20. The molecule has 0 saturated carbocycles. The van der Waals surface area contributed by atoms with E-state index in [1.165, 1.54) is 11.8 Å². The van der Waals surface area contributed by atoms with Crippen LogP contribution in [0.2, 0.25) is 0 Å². The average Bonchev–Trinajstić information content (AvgIpc) is 3.01. The van der Waals surface area contributed by atoms with Crippen molar-refractivity contribution >= 4 is 40.5 Å². The van der Waals surface area contributed by atoms with Crippen LogP contribution in [0.15, 0.2) is 53.2 Å². The fourth-order valence-electron chi connectivity index (χ4n) is 3.16. The number of thioether (sulfide) groups is 1. The number of hydrogen-bond acceptors (Lipinski definition) is 5. The van der Waals surface area contributed by atoms with Crippen LogP contribution >= 0.6 is 11.8 Å². The Balaban J connectivity index is 2.01. The summed E-state index contributed by atoms with van der Waals surface area (Å²) >= 11 is 1.26. The van der Waals surface area contributed by atoms with Crippen LogP contribution in [0.25, 0.3) is 6.08 Å². The highest BCUT2D eigenvalue weighted by molar-refractivity contribution is 8.15. The van der Waals surface area contributed by atoms with E-state index in [2.05, 4.69) is 16.4 Å². The van der Waals surface area contributed by atoms with Gasteiger partial charge in [-0.05, 0) is 67.8 Å². The van der Waals surface area contributed by atoms with Crippen LogP contribution in [0.3, 0.4) is 0 Å². The summed E-state index contributed by atoms with van der Waals surface area (Å²) in [5, 5.41) is 2.73. The van der Waals surface area contributed by atoms with Crippen molar-refractivity contribution < 1.29 is 14.3 Å². The van der Waals surface area contributed by atoms with E-state index in [-0.39, 0.29) is 11.8 Å². The summed E-state index contributed by atoms with van der Waals surface area (Å²) in [6.07, 6.45) is 1.75. The molecule has 0 saturated heterocycles. The summed E-state index contributed by atoms with van der Waals surface area (Å²) in [5.74, 6) is 0.399. The number of amidine groups is 1. The highest BCUT2D eigenvalue weighted by Gasteiger charge is 2.34. The fourth-order valence-corrected chi connectivity index (χ4v) is 4.14. The number of hydrogen-bond donors (Lipinski definition) is 1. The van der Waals surface area contributed by atoms with Crippen molar-refractivity contribution in [3.63, 3.8) is 0 Å². The van der Waals surface area contributed by atoms with Crippen LogP contribution in [0.5, 0.6) is 5.75 Å². The van der Waals surface area contributed by atoms with Gasteiger partial charge in [-0.2, -0.15) is 0 Å². The molecule has 30 heavy (non-hydrogen) atoms. The molecule has 0 fully saturated rings. The Morgan fingerprint density at radius 1 is 1.17 bits per heavy atom. The van der Waals surface area contributed by atoms with Gasteiger partial charge in [-0.1, -0.05) is 30.0 Å². The van der Waals surface area contributed by atoms with Gasteiger partial charge in [0.25, 0.3) is 5.91 Å². The van der Waals surface area contributed by atoms with Crippen molar-refractivity contribution in [3.05, 3.63) is 64.9 Å². The van der Waals surface area contributed by atoms with Crippen molar-refractivity contribution in [2.45, 2.75) is 26.0 Å². The van der Waals surface area contributed by atoms with Gasteiger partial charge in [-0.15, -0.1) is 0 Å². The van der Waals surface area contributed by atoms with E-state index >= 15 is 0 Å². The second-order valence-electron chi connectivity index (χ2n) is 7.06. The van der Waals surface area contributed by atoms with E-state index in [1.54, 1.807) is 32.1 Å². The molecule has 2 aromatic rings. The molecule has 1 heterocycles. The summed E-state index contributed by atoms with van der Waals surface area (Å²) in [6, 6.07) is 13.3. The Morgan fingerprint density at radius 3 is 2.37 bits per heavy atom. The number of benzene rings is 2. The van der Waals surface area contributed by atoms with Crippen LogP contribution in [-0.4, -0.2) is 36.4 Å². The molecule has 0 radical (unpaired) electrons. The lowest BCUT2D eigenvalue weighted by atomic mass is 10.1. The lowest BCUT2D eigenvalue weighted by Crippen LogP contribution is -2.34. The molecule has 2 aromatic carbocycles. The minimum Gasteiger partial charge on any atom is -0.497 e. The molecule has 1 N–H and O–H groups in total. The highest BCUT2D eigenvalue weighted by Crippen LogP contribution is 2.32. The van der Waals surface area contributed by atoms with Crippen molar-refractivity contribution in [1.29, 1.82) is 0 Å². The molecule has 1 atom stereocenters. The van der Waals surface area contributed by atoms with E-state index in [0.717, 1.165) is 28.1 Å². The first-order valence-corrected chi connectivity index (χ1v) is 10.5. The van der Waals surface area contributed by atoms with Crippen LogP contribution in [0.1, 0.15) is 23.6 Å². The Hall–Kier alpha value is -3.06. The quantitative estimate of drug-likeness (QED) is 0.740. The van der Waals surface area contributed by atoms with Crippen LogP contribution < -0.4 is 15.0 Å². The topological polar surface area (TPSA) is 71.0 Å². The normalized spacial score (nSPS) is 15.9. The predicted octanol–water partition coefficient (Wildman–Crippen LogP) is 3.92. The van der Waals surface area contributed by atoms with Gasteiger partial charge in [0.15, 0.2) is 5.17 Å². The van der Waals surface area contributed by atoms with Crippen molar-refractivity contribution in [1.82, 2.24) is 5.32 Å². The van der Waals surface area contributed by atoms with E-state index in [1.807, 2.05) is 50.2 Å². The maximum Gasteiger partial charge on any atom is 0.283 e. The number of carbonyl (C=O) groups is 2. The van der Waals surface area contributed by atoms with E-state index < -0.39 is 5.25 Å². The third-order valence-electron chi connectivity index (χ3n) is 4.61. The molecule has 1 unspecified atom stereocenters. The molecule has 0 bridgehead atoms. The third kappa shape index (κ3) is 4.74. The van der Waals surface area contributed by atoms with E-state index in [9.17, 15) is 9.59 Å². The van der Waals surface area contributed by atoms with Crippen molar-refractivity contribution in [2.24, 2.45) is 4.99 Å². The van der Waals surface area contributed by atoms with Crippen molar-refractivity contribution in [2.75, 3.05) is 19.1 Å². The number of carbonyl (C=O) groups excluding carboxylic acids is 2. The first-order chi connectivity index (χ1) is 14.3. The molecule has 0 spiro atoms. The Bertz CT molecular complexity index is 1010. The monoisotopic (exact) mass is 423 g/mol. The lowest BCUT2D eigenvalue weighted by Gasteiger charge is -2.20. The maximum absolute atomic E-state index is 13.3. The minimum absolute atomic E-state index is 0.122. The highest BCUT2D eigenvalue weighted by atomic mass is 32.2. The van der Waals surface area contributed by atoms with E-state index in [4.69, 9.17) is 4.74 Å². The van der Waals surface area contributed by atoms with Crippen LogP contribution in [0.4, 0.5) is 5.69 Å². The van der Waals surface area contributed by atoms with Gasteiger partial charge in [0, 0.05) is 7.05 Å². The number of aliphatic imine (C=N–C) groups is 1. The number of rotatable bonds is 5. The number of amides is 2. The SMILES string of the molecule is CNC(=O)C(C)SC1=N/C(=C\c2ccc(OC)cc2)C(=O)N1c1cc(C)cc(C)c1. The minimum atomic E-state index is -0.393. The molecule has 0 aromatic heterocycles. The molecule has 6 nitrogen and oxygen atoms in total. The molecular formula is C23H25N3O3S. The average molecular weight is 424 g/mol. The number of nitrogens with one attached hydrogen (secondary N) is 1. The number of methoxy groups -OCH3 is 1. The van der Waals surface area contributed by atoms with E-state index in [0.29, 0.717) is 10.9 Å². The molecular weight excluding hydrogens is 398 g/mol. The van der Waals surface area contributed by atoms with Gasteiger partial charge >= 0.3 is 0 Å². The maximum atomic E-state index is 13.3. The zero-order chi connectivity index (χ0) is 21.8. The Kier molecular flexibility index (Phi) is 6.62. The summed E-state index contributed by atoms with van der Waals surface area (Å²) < 4.78 is 5.19. The predicted molar refractivity (Wildman–Crippen MR) is 123 cm³/mol. The molecule has 1 aliphatic heterocycles. The molecule has 7 heteroatoms. The Labute approximate surface area is 181 Å². The second kappa shape index (κ2) is 9.17. The lowest BCUT2D eigenvalue weighted by molar-refractivity contribution is -0.119. The standard InChI is InChI=1S/C23H25N3O3S/c1-14-10-15(2)12-18(11-14)26-22(28)20(13-17-6-8-19(29-5)9-7-17)25-23(26)30-16(3)21(27)24-4/h6-13,16H,1-5H3,(H,24,27)/b20-13-. The number of aryl methyl sites for hydroxylation is 2. The summed E-state index contributed by atoms with van der Waals surface area (Å²) in [5.41, 5.74) is 4.01. The van der Waals surface area contributed by atoms with Gasteiger partial charge < -0.3 is 10.1 Å². The molecule has 3 rings (SSSR count). The molecule has 0 aliphatic carbocycles. The molecule has 2 amide bonds. The van der Waals surface area contributed by atoms with Gasteiger partial charge in [0.05, 0.1) is 18.0 Å². The zero-order valence-corrected chi connectivity index (χ0v) is 18.5. The number of nitrogens with zero attached hydrogens (tertiary/aromatic N) is 2. The molecule has 156 valence electrons. The number of ether oxygens (including phenoxy) is 1. The largest absolute Gasteiger partial charge is 0.497 e. The van der Waals surface area contributed by atoms with Crippen LogP contribution in [-0.2, 0) is 9.59 Å². The second-order valence-corrected chi connectivity index (χ2v) is 8.37. The molecule has 1 aliphatic rings. The van der Waals surface area contributed by atoms with Gasteiger partial charge in [0.2, 0.25) is 5.91 Å². The first kappa shape index (κ1) is 21.6. The number of anilines is 1. The smallest absolute Gasteiger partial charge is 0.283 e. The Morgan fingerprint density at radius 2 is 1.80 bits per heavy atom. The van der Waals surface area contributed by atoms with Crippen LogP contribution in [0, 0.1) is 13.8 Å². The third-order valence-corrected chi connectivity index (χ3v) is 5.66. The van der Waals surface area contributed by atoms with Gasteiger partial charge in [-0.3, -0.25) is 14.5 Å².